The van der Waals surface area contributed by atoms with E-state index in [-0.39, 0.29) is 11.8 Å². The molecule has 4 heteroatoms. The van der Waals surface area contributed by atoms with Crippen LogP contribution in [0, 0.1) is 11.8 Å². The maximum Gasteiger partial charge on any atom is 0.237 e. The van der Waals surface area contributed by atoms with E-state index in [1.807, 2.05) is 0 Å². The van der Waals surface area contributed by atoms with Gasteiger partial charge in [-0.1, -0.05) is 25.7 Å². The van der Waals surface area contributed by atoms with Gasteiger partial charge in [-0.05, 0) is 44.8 Å². The zero-order valence-corrected chi connectivity index (χ0v) is 10.7. The highest BCUT2D eigenvalue weighted by atomic mass is 16.2. The van der Waals surface area contributed by atoms with Crippen LogP contribution in [0.5, 0.6) is 0 Å². The van der Waals surface area contributed by atoms with Crippen LogP contribution in [0.2, 0.25) is 0 Å². The van der Waals surface area contributed by atoms with E-state index >= 15 is 0 Å². The van der Waals surface area contributed by atoms with Gasteiger partial charge >= 0.3 is 0 Å². The minimum atomic E-state index is 0.0143. The molecule has 2 rings (SSSR count). The summed E-state index contributed by atoms with van der Waals surface area (Å²) in [6.45, 7) is 3.34. The summed E-state index contributed by atoms with van der Waals surface area (Å²) in [5.41, 5.74) is 2.27. The summed E-state index contributed by atoms with van der Waals surface area (Å²) in [5, 5.41) is 0. The largest absolute Gasteiger partial charge is 0.303 e. The first kappa shape index (κ1) is 12.8. The van der Waals surface area contributed by atoms with E-state index < -0.39 is 0 Å². The number of likely N-dealkylation sites (tertiary alicyclic amines) is 1. The van der Waals surface area contributed by atoms with Crippen molar-refractivity contribution in [2.45, 2.75) is 44.9 Å². The first-order chi connectivity index (χ1) is 8.29. The van der Waals surface area contributed by atoms with E-state index in [4.69, 9.17) is 5.84 Å². The molecule has 1 aliphatic heterocycles. The number of hydrogen-bond donors (Lipinski definition) is 2. The van der Waals surface area contributed by atoms with Gasteiger partial charge in [0.1, 0.15) is 0 Å². The van der Waals surface area contributed by atoms with Crippen LogP contribution in [0.15, 0.2) is 0 Å². The third-order valence-electron chi connectivity index (χ3n) is 4.43. The number of piperidine rings is 1. The molecule has 1 saturated heterocycles. The van der Waals surface area contributed by atoms with Crippen molar-refractivity contribution in [3.05, 3.63) is 0 Å². The molecule has 3 N–H and O–H groups in total. The minimum Gasteiger partial charge on any atom is -0.303 e. The zero-order chi connectivity index (χ0) is 12.1. The van der Waals surface area contributed by atoms with E-state index in [1.165, 1.54) is 38.6 Å². The number of carbonyl (C=O) groups excluding carboxylic acids is 1. The Kier molecular flexibility index (Phi) is 4.80. The van der Waals surface area contributed by atoms with E-state index in [0.717, 1.165) is 31.8 Å². The topological polar surface area (TPSA) is 58.4 Å². The average molecular weight is 239 g/mol. The molecule has 98 valence electrons. The van der Waals surface area contributed by atoms with Crippen molar-refractivity contribution in [1.82, 2.24) is 10.3 Å². The third kappa shape index (κ3) is 3.68. The van der Waals surface area contributed by atoms with Gasteiger partial charge in [-0.15, -0.1) is 0 Å². The van der Waals surface area contributed by atoms with Crippen molar-refractivity contribution in [3.8, 4) is 0 Å². The molecular weight excluding hydrogens is 214 g/mol. The predicted molar refractivity (Wildman–Crippen MR) is 68.1 cm³/mol. The fourth-order valence-electron chi connectivity index (χ4n) is 3.20. The first-order valence-electron chi connectivity index (χ1n) is 7.02. The Morgan fingerprint density at radius 2 is 1.82 bits per heavy atom. The van der Waals surface area contributed by atoms with E-state index in [9.17, 15) is 4.79 Å². The van der Waals surface area contributed by atoms with Gasteiger partial charge in [0.15, 0.2) is 0 Å². The highest BCUT2D eigenvalue weighted by molar-refractivity contribution is 5.78. The summed E-state index contributed by atoms with van der Waals surface area (Å²) >= 11 is 0. The fraction of sp³-hybridized carbons (Fsp3) is 0.923. The highest BCUT2D eigenvalue weighted by Crippen LogP contribution is 2.28. The quantitative estimate of drug-likeness (QED) is 0.441. The second-order valence-corrected chi connectivity index (χ2v) is 5.56. The molecule has 1 heterocycles. The molecule has 4 nitrogen and oxygen atoms in total. The van der Waals surface area contributed by atoms with Crippen LogP contribution < -0.4 is 11.3 Å². The smallest absolute Gasteiger partial charge is 0.237 e. The van der Waals surface area contributed by atoms with Gasteiger partial charge in [0.2, 0.25) is 5.91 Å². The maximum atomic E-state index is 11.4. The summed E-state index contributed by atoms with van der Waals surface area (Å²) in [6.07, 6.45) is 9.03. The molecule has 0 unspecified atom stereocenters. The normalized spacial score (nSPS) is 24.1. The lowest BCUT2D eigenvalue weighted by Crippen LogP contribution is -2.43. The monoisotopic (exact) mass is 239 g/mol. The van der Waals surface area contributed by atoms with Crippen LogP contribution in [0.1, 0.15) is 44.9 Å². The molecule has 0 bridgehead atoms. The number of nitrogens with one attached hydrogen (secondary N) is 1. The third-order valence-corrected chi connectivity index (χ3v) is 4.43. The molecule has 1 amide bonds. The Bertz CT molecular complexity index is 243. The van der Waals surface area contributed by atoms with Crippen molar-refractivity contribution >= 4 is 5.91 Å². The standard InChI is InChI=1S/C13H25N3O/c14-15-13(17)12-6-9-16(10-7-12)8-5-11-3-1-2-4-11/h11-12H,1-10,14H2,(H,15,17). The second kappa shape index (κ2) is 6.36. The summed E-state index contributed by atoms with van der Waals surface area (Å²) in [5.74, 6) is 6.29. The Balaban J connectivity index is 1.63. The highest BCUT2D eigenvalue weighted by Gasteiger charge is 2.25. The molecule has 2 aliphatic rings. The first-order valence-corrected chi connectivity index (χ1v) is 7.02. The summed E-state index contributed by atoms with van der Waals surface area (Å²) in [4.78, 5) is 13.9. The van der Waals surface area contributed by atoms with Crippen molar-refractivity contribution in [2.24, 2.45) is 17.7 Å². The van der Waals surface area contributed by atoms with Crippen LogP contribution in [0.25, 0.3) is 0 Å². The average Bonchev–Trinajstić information content (AvgIpc) is 2.89. The molecule has 1 saturated carbocycles. The van der Waals surface area contributed by atoms with E-state index in [1.54, 1.807) is 0 Å². The SMILES string of the molecule is NNC(=O)C1CCN(CCC2CCCC2)CC1. The number of nitrogens with zero attached hydrogens (tertiary/aromatic N) is 1. The van der Waals surface area contributed by atoms with E-state index in [0.29, 0.717) is 0 Å². The van der Waals surface area contributed by atoms with Crippen molar-refractivity contribution in [1.29, 1.82) is 0 Å². The molecule has 0 aromatic carbocycles. The molecule has 17 heavy (non-hydrogen) atoms. The number of rotatable bonds is 4. The Hall–Kier alpha value is -0.610. The van der Waals surface area contributed by atoms with Gasteiger partial charge in [0.25, 0.3) is 0 Å². The van der Waals surface area contributed by atoms with Crippen LogP contribution in [0.4, 0.5) is 0 Å². The second-order valence-electron chi connectivity index (χ2n) is 5.56. The molecule has 2 fully saturated rings. The van der Waals surface area contributed by atoms with Gasteiger partial charge in [-0.2, -0.15) is 0 Å². The molecule has 0 aromatic heterocycles. The number of hydrogen-bond acceptors (Lipinski definition) is 3. The van der Waals surface area contributed by atoms with Gasteiger partial charge in [0, 0.05) is 5.92 Å². The lowest BCUT2D eigenvalue weighted by molar-refractivity contribution is -0.126. The molecule has 0 radical (unpaired) electrons. The van der Waals surface area contributed by atoms with E-state index in [2.05, 4.69) is 10.3 Å². The molecule has 0 aromatic rings. The number of nitrogens with two attached hydrogens (primary N) is 1. The molecular formula is C13H25N3O. The minimum absolute atomic E-state index is 0.0143. The molecule has 1 aliphatic carbocycles. The lowest BCUT2D eigenvalue weighted by atomic mass is 9.95. The van der Waals surface area contributed by atoms with Gasteiger partial charge in [0.05, 0.1) is 0 Å². The Morgan fingerprint density at radius 3 is 2.41 bits per heavy atom. The van der Waals surface area contributed by atoms with Crippen LogP contribution >= 0.6 is 0 Å². The number of carbonyl (C=O) groups is 1. The van der Waals surface area contributed by atoms with Crippen molar-refractivity contribution in [2.75, 3.05) is 19.6 Å². The number of hydrazine groups is 1. The van der Waals surface area contributed by atoms with Crippen LogP contribution in [-0.4, -0.2) is 30.4 Å². The van der Waals surface area contributed by atoms with Gasteiger partial charge < -0.3 is 4.90 Å². The van der Waals surface area contributed by atoms with Crippen LogP contribution in [0.3, 0.4) is 0 Å². The van der Waals surface area contributed by atoms with Gasteiger partial charge in [-0.3, -0.25) is 10.2 Å². The predicted octanol–water partition coefficient (Wildman–Crippen LogP) is 1.27. The summed E-state index contributed by atoms with van der Waals surface area (Å²) < 4.78 is 0. The lowest BCUT2D eigenvalue weighted by Gasteiger charge is -2.31. The molecule has 0 atom stereocenters. The van der Waals surface area contributed by atoms with Gasteiger partial charge in [-0.25, -0.2) is 5.84 Å². The van der Waals surface area contributed by atoms with Crippen LogP contribution in [-0.2, 0) is 4.79 Å². The molecule has 0 spiro atoms. The Morgan fingerprint density at radius 1 is 1.18 bits per heavy atom. The number of amides is 1. The summed E-state index contributed by atoms with van der Waals surface area (Å²) in [6, 6.07) is 0. The fourth-order valence-corrected chi connectivity index (χ4v) is 3.20. The Labute approximate surface area is 104 Å². The van der Waals surface area contributed by atoms with Crippen molar-refractivity contribution < 1.29 is 4.79 Å². The maximum absolute atomic E-state index is 11.4. The zero-order valence-electron chi connectivity index (χ0n) is 10.7. The van der Waals surface area contributed by atoms with Crippen molar-refractivity contribution in [3.63, 3.8) is 0 Å². The summed E-state index contributed by atoms with van der Waals surface area (Å²) in [7, 11) is 0.